The summed E-state index contributed by atoms with van der Waals surface area (Å²) in [6.07, 6.45) is 0.796. The molecule has 0 saturated heterocycles. The molecular formula is C13H15N3O2. The standard InChI is InChI=1S/C13H15N3O2/c1-9-5-4-6-11(7-17)13(9)18-8-12-15-14-10(2)16(12)3/h4-7H,8H2,1-3H3. The minimum Gasteiger partial charge on any atom is -0.485 e. The molecule has 0 N–H and O–H groups in total. The summed E-state index contributed by atoms with van der Waals surface area (Å²) in [5, 5.41) is 7.97. The highest BCUT2D eigenvalue weighted by atomic mass is 16.5. The van der Waals surface area contributed by atoms with Gasteiger partial charge in [0.05, 0.1) is 5.56 Å². The van der Waals surface area contributed by atoms with Gasteiger partial charge in [0.25, 0.3) is 0 Å². The van der Waals surface area contributed by atoms with Crippen LogP contribution in [0.4, 0.5) is 0 Å². The molecule has 18 heavy (non-hydrogen) atoms. The molecule has 1 aromatic carbocycles. The van der Waals surface area contributed by atoms with Gasteiger partial charge in [0.15, 0.2) is 12.1 Å². The second kappa shape index (κ2) is 5.00. The maximum atomic E-state index is 10.9. The van der Waals surface area contributed by atoms with E-state index in [0.29, 0.717) is 17.9 Å². The van der Waals surface area contributed by atoms with Gasteiger partial charge in [-0.25, -0.2) is 0 Å². The topological polar surface area (TPSA) is 57.0 Å². The maximum absolute atomic E-state index is 10.9. The lowest BCUT2D eigenvalue weighted by atomic mass is 10.1. The van der Waals surface area contributed by atoms with E-state index >= 15 is 0 Å². The lowest BCUT2D eigenvalue weighted by Crippen LogP contribution is -2.06. The highest BCUT2D eigenvalue weighted by Gasteiger charge is 2.09. The second-order valence-electron chi connectivity index (χ2n) is 4.12. The maximum Gasteiger partial charge on any atom is 0.170 e. The van der Waals surface area contributed by atoms with Crippen LogP contribution in [-0.4, -0.2) is 21.1 Å². The number of carbonyl (C=O) groups is 1. The summed E-state index contributed by atoms with van der Waals surface area (Å²) < 4.78 is 7.54. The Kier molecular flexibility index (Phi) is 3.41. The molecule has 0 aliphatic heterocycles. The summed E-state index contributed by atoms with van der Waals surface area (Å²) >= 11 is 0. The van der Waals surface area contributed by atoms with E-state index in [2.05, 4.69) is 10.2 Å². The average Bonchev–Trinajstić information content (AvgIpc) is 2.68. The Hall–Kier alpha value is -2.17. The second-order valence-corrected chi connectivity index (χ2v) is 4.12. The fraction of sp³-hybridized carbons (Fsp3) is 0.308. The Morgan fingerprint density at radius 1 is 1.33 bits per heavy atom. The van der Waals surface area contributed by atoms with Crippen molar-refractivity contribution in [2.24, 2.45) is 7.05 Å². The highest BCUT2D eigenvalue weighted by molar-refractivity contribution is 5.80. The predicted molar refractivity (Wildman–Crippen MR) is 66.6 cm³/mol. The molecule has 0 spiro atoms. The number of aromatic nitrogens is 3. The number of benzene rings is 1. The van der Waals surface area contributed by atoms with Gasteiger partial charge < -0.3 is 9.30 Å². The molecule has 5 nitrogen and oxygen atoms in total. The lowest BCUT2D eigenvalue weighted by molar-refractivity contribution is 0.111. The number of hydrogen-bond acceptors (Lipinski definition) is 4. The molecule has 0 atom stereocenters. The number of aryl methyl sites for hydroxylation is 2. The Bertz CT molecular complexity index is 576. The first-order chi connectivity index (χ1) is 8.63. The molecule has 94 valence electrons. The number of para-hydroxylation sites is 1. The Balaban J connectivity index is 2.20. The van der Waals surface area contributed by atoms with Crippen LogP contribution in [0.25, 0.3) is 0 Å². The van der Waals surface area contributed by atoms with Crippen molar-refractivity contribution in [1.82, 2.24) is 14.8 Å². The summed E-state index contributed by atoms with van der Waals surface area (Å²) in [6, 6.07) is 5.47. The molecule has 2 rings (SSSR count). The van der Waals surface area contributed by atoms with E-state index in [4.69, 9.17) is 4.74 Å². The number of aldehydes is 1. The fourth-order valence-corrected chi connectivity index (χ4v) is 1.68. The molecule has 1 aromatic heterocycles. The van der Waals surface area contributed by atoms with Crippen LogP contribution in [0.2, 0.25) is 0 Å². The van der Waals surface area contributed by atoms with E-state index in [9.17, 15) is 4.79 Å². The molecule has 0 amide bonds. The molecule has 5 heteroatoms. The predicted octanol–water partition coefficient (Wildman–Crippen LogP) is 1.82. The van der Waals surface area contributed by atoms with E-state index < -0.39 is 0 Å². The van der Waals surface area contributed by atoms with E-state index in [1.54, 1.807) is 6.07 Å². The van der Waals surface area contributed by atoms with Gasteiger partial charge in [-0.05, 0) is 25.5 Å². The molecule has 2 aromatic rings. The summed E-state index contributed by atoms with van der Waals surface area (Å²) in [5.41, 5.74) is 1.48. The summed E-state index contributed by atoms with van der Waals surface area (Å²) in [5.74, 6) is 2.16. The molecule has 0 saturated carbocycles. The van der Waals surface area contributed by atoms with Crippen molar-refractivity contribution < 1.29 is 9.53 Å². The normalized spacial score (nSPS) is 10.4. The number of hydrogen-bond donors (Lipinski definition) is 0. The number of rotatable bonds is 4. The third-order valence-corrected chi connectivity index (χ3v) is 2.90. The minimum atomic E-state index is 0.295. The number of carbonyl (C=O) groups excluding carboxylic acids is 1. The van der Waals surface area contributed by atoms with Gasteiger partial charge in [0, 0.05) is 7.05 Å². The molecule has 0 aliphatic carbocycles. The monoisotopic (exact) mass is 245 g/mol. The van der Waals surface area contributed by atoms with E-state index in [1.165, 1.54) is 0 Å². The van der Waals surface area contributed by atoms with Crippen LogP contribution in [0.15, 0.2) is 18.2 Å². The zero-order valence-corrected chi connectivity index (χ0v) is 10.7. The van der Waals surface area contributed by atoms with E-state index in [-0.39, 0.29) is 0 Å². The summed E-state index contributed by atoms with van der Waals surface area (Å²) in [7, 11) is 1.88. The molecule has 0 aliphatic rings. The Morgan fingerprint density at radius 2 is 2.11 bits per heavy atom. The number of nitrogens with zero attached hydrogens (tertiary/aromatic N) is 3. The van der Waals surface area contributed by atoms with Crippen molar-refractivity contribution in [3.63, 3.8) is 0 Å². The summed E-state index contributed by atoms with van der Waals surface area (Å²) in [4.78, 5) is 10.9. The van der Waals surface area contributed by atoms with E-state index in [1.807, 2.05) is 37.6 Å². The van der Waals surface area contributed by atoms with Crippen LogP contribution in [-0.2, 0) is 13.7 Å². The van der Waals surface area contributed by atoms with Crippen molar-refractivity contribution in [2.45, 2.75) is 20.5 Å². The quantitative estimate of drug-likeness (QED) is 0.771. The van der Waals surface area contributed by atoms with Crippen LogP contribution in [0, 0.1) is 13.8 Å². The lowest BCUT2D eigenvalue weighted by Gasteiger charge is -2.10. The van der Waals surface area contributed by atoms with Crippen molar-refractivity contribution in [2.75, 3.05) is 0 Å². The van der Waals surface area contributed by atoms with Crippen LogP contribution in [0.1, 0.15) is 27.6 Å². The first-order valence-electron chi connectivity index (χ1n) is 5.66. The van der Waals surface area contributed by atoms with Crippen molar-refractivity contribution >= 4 is 6.29 Å². The zero-order valence-electron chi connectivity index (χ0n) is 10.7. The molecular weight excluding hydrogens is 230 g/mol. The van der Waals surface area contributed by atoms with E-state index in [0.717, 1.165) is 23.5 Å². The largest absolute Gasteiger partial charge is 0.485 e. The van der Waals surface area contributed by atoms with Gasteiger partial charge in [0.2, 0.25) is 0 Å². The van der Waals surface area contributed by atoms with Crippen LogP contribution in [0.5, 0.6) is 5.75 Å². The molecule has 0 unspecified atom stereocenters. The SMILES string of the molecule is Cc1cccc(C=O)c1OCc1nnc(C)n1C. The first-order valence-corrected chi connectivity index (χ1v) is 5.66. The molecule has 1 heterocycles. The van der Waals surface area contributed by atoms with Gasteiger partial charge >= 0.3 is 0 Å². The smallest absolute Gasteiger partial charge is 0.170 e. The molecule has 0 fully saturated rings. The third-order valence-electron chi connectivity index (χ3n) is 2.90. The Labute approximate surface area is 105 Å². The molecule has 0 bridgehead atoms. The highest BCUT2D eigenvalue weighted by Crippen LogP contribution is 2.22. The van der Waals surface area contributed by atoms with Crippen molar-refractivity contribution in [3.8, 4) is 5.75 Å². The van der Waals surface area contributed by atoms with Gasteiger partial charge in [-0.3, -0.25) is 4.79 Å². The van der Waals surface area contributed by atoms with Gasteiger partial charge in [-0.15, -0.1) is 10.2 Å². The van der Waals surface area contributed by atoms with Gasteiger partial charge in [-0.2, -0.15) is 0 Å². The third kappa shape index (κ3) is 2.25. The zero-order chi connectivity index (χ0) is 13.1. The fourth-order valence-electron chi connectivity index (χ4n) is 1.68. The van der Waals surface area contributed by atoms with Gasteiger partial charge in [-0.1, -0.05) is 12.1 Å². The Morgan fingerprint density at radius 3 is 2.72 bits per heavy atom. The number of ether oxygens (including phenoxy) is 1. The molecule has 0 radical (unpaired) electrons. The minimum absolute atomic E-state index is 0.295. The van der Waals surface area contributed by atoms with Crippen molar-refractivity contribution in [3.05, 3.63) is 41.0 Å². The van der Waals surface area contributed by atoms with Crippen LogP contribution >= 0.6 is 0 Å². The van der Waals surface area contributed by atoms with Gasteiger partial charge in [0.1, 0.15) is 18.2 Å². The van der Waals surface area contributed by atoms with Crippen LogP contribution < -0.4 is 4.74 Å². The average molecular weight is 245 g/mol. The first kappa shape index (κ1) is 12.3. The van der Waals surface area contributed by atoms with Crippen LogP contribution in [0.3, 0.4) is 0 Å². The summed E-state index contributed by atoms with van der Waals surface area (Å²) in [6.45, 7) is 4.08. The van der Waals surface area contributed by atoms with Crippen molar-refractivity contribution in [1.29, 1.82) is 0 Å².